The Bertz CT molecular complexity index is 1100. The standard InChI is InChI=1S/C24H23N3O4S/c1-30-20-13-8-17(15-21(20)31-2)23(29)27-24(32)26-19-11-9-18(10-12-19)25-22(28)14-16-6-4-3-5-7-16/h3-13,15H,14H2,1-2H3,(H,25,28)(H2,26,27,29,32). The second kappa shape index (κ2) is 10.9. The molecule has 3 aromatic rings. The summed E-state index contributed by atoms with van der Waals surface area (Å²) in [4.78, 5) is 24.6. The van der Waals surface area contributed by atoms with Gasteiger partial charge in [0.2, 0.25) is 5.91 Å². The molecule has 0 fully saturated rings. The number of methoxy groups -OCH3 is 2. The molecule has 0 aliphatic rings. The monoisotopic (exact) mass is 449 g/mol. The molecular formula is C24H23N3O4S. The minimum absolute atomic E-state index is 0.102. The summed E-state index contributed by atoms with van der Waals surface area (Å²) >= 11 is 5.23. The summed E-state index contributed by atoms with van der Waals surface area (Å²) in [5, 5.41) is 8.57. The van der Waals surface area contributed by atoms with Gasteiger partial charge in [-0.25, -0.2) is 0 Å². The van der Waals surface area contributed by atoms with Crippen molar-refractivity contribution in [2.24, 2.45) is 0 Å². The molecule has 0 saturated carbocycles. The van der Waals surface area contributed by atoms with Crippen molar-refractivity contribution >= 4 is 40.5 Å². The molecule has 3 aromatic carbocycles. The van der Waals surface area contributed by atoms with Gasteiger partial charge in [-0.15, -0.1) is 0 Å². The van der Waals surface area contributed by atoms with Crippen LogP contribution in [0.15, 0.2) is 72.8 Å². The molecule has 32 heavy (non-hydrogen) atoms. The molecule has 0 saturated heterocycles. The maximum atomic E-state index is 12.5. The number of anilines is 2. The molecule has 0 aliphatic carbocycles. The van der Waals surface area contributed by atoms with Crippen LogP contribution in [0, 0.1) is 0 Å². The topological polar surface area (TPSA) is 88.7 Å². The molecule has 3 rings (SSSR count). The number of ether oxygens (including phenoxy) is 2. The quantitative estimate of drug-likeness (QED) is 0.473. The van der Waals surface area contributed by atoms with Crippen molar-refractivity contribution < 1.29 is 19.1 Å². The smallest absolute Gasteiger partial charge is 0.257 e. The molecule has 3 N–H and O–H groups in total. The molecular weight excluding hydrogens is 426 g/mol. The summed E-state index contributed by atoms with van der Waals surface area (Å²) in [5.41, 5.74) is 2.66. The molecule has 0 atom stereocenters. The van der Waals surface area contributed by atoms with E-state index in [1.54, 1.807) is 42.5 Å². The third kappa shape index (κ3) is 6.29. The molecule has 8 heteroatoms. The van der Waals surface area contributed by atoms with Crippen molar-refractivity contribution in [2.45, 2.75) is 6.42 Å². The van der Waals surface area contributed by atoms with Crippen LogP contribution in [0.3, 0.4) is 0 Å². The Morgan fingerprint density at radius 1 is 0.812 bits per heavy atom. The fourth-order valence-corrected chi connectivity index (χ4v) is 3.15. The Kier molecular flexibility index (Phi) is 7.77. The van der Waals surface area contributed by atoms with Crippen LogP contribution in [0.25, 0.3) is 0 Å². The normalized spacial score (nSPS) is 10.1. The van der Waals surface area contributed by atoms with Gasteiger partial charge in [0.05, 0.1) is 20.6 Å². The minimum Gasteiger partial charge on any atom is -0.493 e. The van der Waals surface area contributed by atoms with Gasteiger partial charge in [0, 0.05) is 16.9 Å². The van der Waals surface area contributed by atoms with Crippen LogP contribution in [0.4, 0.5) is 11.4 Å². The van der Waals surface area contributed by atoms with Gasteiger partial charge in [0.1, 0.15) is 0 Å². The SMILES string of the molecule is COc1ccc(C(=O)NC(=S)Nc2ccc(NC(=O)Cc3ccccc3)cc2)cc1OC. The van der Waals surface area contributed by atoms with Gasteiger partial charge in [-0.1, -0.05) is 30.3 Å². The summed E-state index contributed by atoms with van der Waals surface area (Å²) in [6, 6.07) is 21.4. The van der Waals surface area contributed by atoms with Crippen molar-refractivity contribution in [3.8, 4) is 11.5 Å². The Hall–Kier alpha value is -3.91. The summed E-state index contributed by atoms with van der Waals surface area (Å²) < 4.78 is 10.4. The first-order chi connectivity index (χ1) is 15.5. The van der Waals surface area contributed by atoms with Crippen molar-refractivity contribution in [3.63, 3.8) is 0 Å². The predicted octanol–water partition coefficient (Wildman–Crippen LogP) is 4.01. The summed E-state index contributed by atoms with van der Waals surface area (Å²) in [6.07, 6.45) is 0.299. The molecule has 164 valence electrons. The van der Waals surface area contributed by atoms with Gasteiger partial charge >= 0.3 is 0 Å². The number of thiocarbonyl (C=S) groups is 1. The van der Waals surface area contributed by atoms with Crippen LogP contribution < -0.4 is 25.4 Å². The fourth-order valence-electron chi connectivity index (χ4n) is 2.94. The van der Waals surface area contributed by atoms with Crippen molar-refractivity contribution in [2.75, 3.05) is 24.9 Å². The molecule has 2 amide bonds. The van der Waals surface area contributed by atoms with Crippen LogP contribution in [0.1, 0.15) is 15.9 Å². The van der Waals surface area contributed by atoms with E-state index in [1.165, 1.54) is 14.2 Å². The van der Waals surface area contributed by atoms with E-state index in [0.29, 0.717) is 34.9 Å². The molecule has 0 unspecified atom stereocenters. The molecule has 0 radical (unpaired) electrons. The number of rotatable bonds is 7. The second-order valence-electron chi connectivity index (χ2n) is 6.77. The predicted molar refractivity (Wildman–Crippen MR) is 128 cm³/mol. The highest BCUT2D eigenvalue weighted by Crippen LogP contribution is 2.27. The van der Waals surface area contributed by atoms with Crippen molar-refractivity contribution in [1.82, 2.24) is 5.32 Å². The zero-order valence-corrected chi connectivity index (χ0v) is 18.5. The second-order valence-corrected chi connectivity index (χ2v) is 7.17. The van der Waals surface area contributed by atoms with E-state index < -0.39 is 0 Å². The van der Waals surface area contributed by atoms with Crippen LogP contribution in [0.2, 0.25) is 0 Å². The zero-order valence-electron chi connectivity index (χ0n) is 17.7. The number of hydrogen-bond acceptors (Lipinski definition) is 5. The van der Waals surface area contributed by atoms with Crippen LogP contribution in [-0.4, -0.2) is 31.1 Å². The highest BCUT2D eigenvalue weighted by molar-refractivity contribution is 7.80. The highest BCUT2D eigenvalue weighted by Gasteiger charge is 2.12. The van der Waals surface area contributed by atoms with Gasteiger partial charge in [-0.2, -0.15) is 0 Å². The van der Waals surface area contributed by atoms with Crippen molar-refractivity contribution in [3.05, 3.63) is 83.9 Å². The fraction of sp³-hybridized carbons (Fsp3) is 0.125. The number of nitrogens with one attached hydrogen (secondary N) is 3. The van der Waals surface area contributed by atoms with E-state index in [-0.39, 0.29) is 16.9 Å². The van der Waals surface area contributed by atoms with Crippen LogP contribution >= 0.6 is 12.2 Å². The Balaban J connectivity index is 1.53. The van der Waals surface area contributed by atoms with Crippen LogP contribution in [0.5, 0.6) is 11.5 Å². The van der Waals surface area contributed by atoms with Gasteiger partial charge < -0.3 is 20.1 Å². The largest absolute Gasteiger partial charge is 0.493 e. The van der Waals surface area contributed by atoms with E-state index in [0.717, 1.165) is 5.56 Å². The number of carbonyl (C=O) groups is 2. The number of carbonyl (C=O) groups excluding carboxylic acids is 2. The van der Waals surface area contributed by atoms with E-state index in [2.05, 4.69) is 16.0 Å². The molecule has 0 bridgehead atoms. The lowest BCUT2D eigenvalue weighted by molar-refractivity contribution is -0.115. The highest BCUT2D eigenvalue weighted by atomic mass is 32.1. The van der Waals surface area contributed by atoms with Gasteiger partial charge in [-0.05, 0) is 60.2 Å². The minimum atomic E-state index is -0.381. The molecule has 0 heterocycles. The lowest BCUT2D eigenvalue weighted by Crippen LogP contribution is -2.34. The lowest BCUT2D eigenvalue weighted by Gasteiger charge is -2.12. The Morgan fingerprint density at radius 3 is 2.06 bits per heavy atom. The van der Waals surface area contributed by atoms with E-state index in [1.807, 2.05) is 30.3 Å². The summed E-state index contributed by atoms with van der Waals surface area (Å²) in [7, 11) is 3.02. The molecule has 0 spiro atoms. The third-order valence-corrected chi connectivity index (χ3v) is 4.71. The first kappa shape index (κ1) is 22.8. The van der Waals surface area contributed by atoms with Gasteiger partial charge in [0.15, 0.2) is 16.6 Å². The number of amides is 2. The maximum absolute atomic E-state index is 12.5. The van der Waals surface area contributed by atoms with E-state index >= 15 is 0 Å². The maximum Gasteiger partial charge on any atom is 0.257 e. The first-order valence-corrected chi connectivity index (χ1v) is 10.2. The van der Waals surface area contributed by atoms with E-state index in [9.17, 15) is 9.59 Å². The lowest BCUT2D eigenvalue weighted by atomic mass is 10.1. The van der Waals surface area contributed by atoms with Crippen molar-refractivity contribution in [1.29, 1.82) is 0 Å². The molecule has 7 nitrogen and oxygen atoms in total. The first-order valence-electron chi connectivity index (χ1n) is 9.76. The average molecular weight is 450 g/mol. The Labute approximate surface area is 191 Å². The summed E-state index contributed by atoms with van der Waals surface area (Å²) in [5.74, 6) is 0.493. The molecule has 0 aliphatic heterocycles. The average Bonchev–Trinajstić information content (AvgIpc) is 2.80. The third-order valence-electron chi connectivity index (χ3n) is 4.51. The van der Waals surface area contributed by atoms with Crippen LogP contribution in [-0.2, 0) is 11.2 Å². The van der Waals surface area contributed by atoms with E-state index in [4.69, 9.17) is 21.7 Å². The number of hydrogen-bond donors (Lipinski definition) is 3. The van der Waals surface area contributed by atoms with Gasteiger partial charge in [-0.3, -0.25) is 14.9 Å². The van der Waals surface area contributed by atoms with Gasteiger partial charge in [0.25, 0.3) is 5.91 Å². The molecule has 0 aromatic heterocycles. The summed E-state index contributed by atoms with van der Waals surface area (Å²) in [6.45, 7) is 0. The number of benzene rings is 3. The Morgan fingerprint density at radius 2 is 1.44 bits per heavy atom. The zero-order chi connectivity index (χ0) is 22.9.